The van der Waals surface area contributed by atoms with Crippen LogP contribution in [0.4, 0.5) is 0 Å². The summed E-state index contributed by atoms with van der Waals surface area (Å²) in [6, 6.07) is 8.06. The Morgan fingerprint density at radius 2 is 2.25 bits per heavy atom. The van der Waals surface area contributed by atoms with E-state index in [1.807, 2.05) is 31.2 Å². The summed E-state index contributed by atoms with van der Waals surface area (Å²) in [4.78, 5) is 11.1. The lowest BCUT2D eigenvalue weighted by Gasteiger charge is -1.98. The summed E-state index contributed by atoms with van der Waals surface area (Å²) >= 11 is 2.25. The average molecular weight is 274 g/mol. The van der Waals surface area contributed by atoms with Crippen molar-refractivity contribution in [2.45, 2.75) is 19.8 Å². The fraction of sp³-hybridized carbons (Fsp3) is 0.300. The minimum atomic E-state index is 0.303. The normalized spacial score (nSPS) is 9.83. The first-order valence-corrected chi connectivity index (χ1v) is 5.06. The zero-order valence-electron chi connectivity index (χ0n) is 7.01. The smallest absolute Gasteiger partial charge is 0.136 e. The van der Waals surface area contributed by atoms with Crippen molar-refractivity contribution in [2.75, 3.05) is 0 Å². The summed E-state index contributed by atoms with van der Waals surface area (Å²) < 4.78 is 1.19. The molecule has 12 heavy (non-hydrogen) atoms. The van der Waals surface area contributed by atoms with E-state index >= 15 is 0 Å². The molecule has 0 atom stereocenters. The predicted molar refractivity (Wildman–Crippen MR) is 58.2 cm³/mol. The van der Waals surface area contributed by atoms with Crippen molar-refractivity contribution in [1.29, 1.82) is 0 Å². The van der Waals surface area contributed by atoms with Crippen LogP contribution in [0.3, 0.4) is 0 Å². The highest BCUT2D eigenvalue weighted by Gasteiger charge is 2.00. The SMILES string of the molecule is CCC(=O)Cc1cccc(I)c1. The number of rotatable bonds is 3. The van der Waals surface area contributed by atoms with Gasteiger partial charge in [0.2, 0.25) is 0 Å². The van der Waals surface area contributed by atoms with Gasteiger partial charge in [-0.25, -0.2) is 0 Å². The molecule has 1 rings (SSSR count). The number of Topliss-reactive ketones (excluding diaryl/α,β-unsaturated/α-hetero) is 1. The van der Waals surface area contributed by atoms with E-state index in [-0.39, 0.29) is 0 Å². The molecule has 0 fully saturated rings. The van der Waals surface area contributed by atoms with Crippen LogP contribution in [-0.4, -0.2) is 5.78 Å². The van der Waals surface area contributed by atoms with Crippen molar-refractivity contribution in [3.8, 4) is 0 Å². The van der Waals surface area contributed by atoms with E-state index < -0.39 is 0 Å². The maximum atomic E-state index is 11.1. The molecule has 0 unspecified atom stereocenters. The van der Waals surface area contributed by atoms with Gasteiger partial charge in [-0.2, -0.15) is 0 Å². The monoisotopic (exact) mass is 274 g/mol. The molecular weight excluding hydrogens is 263 g/mol. The van der Waals surface area contributed by atoms with Crippen molar-refractivity contribution < 1.29 is 4.79 Å². The lowest BCUT2D eigenvalue weighted by Crippen LogP contribution is -1.99. The predicted octanol–water partition coefficient (Wildman–Crippen LogP) is 2.81. The molecule has 0 bridgehead atoms. The Bertz CT molecular complexity index is 281. The molecule has 0 aliphatic carbocycles. The van der Waals surface area contributed by atoms with E-state index in [2.05, 4.69) is 22.6 Å². The zero-order valence-corrected chi connectivity index (χ0v) is 9.17. The first-order valence-electron chi connectivity index (χ1n) is 3.98. The number of carbonyl (C=O) groups is 1. The van der Waals surface area contributed by atoms with Crippen LogP contribution in [-0.2, 0) is 11.2 Å². The summed E-state index contributed by atoms with van der Waals surface area (Å²) in [5, 5.41) is 0. The summed E-state index contributed by atoms with van der Waals surface area (Å²) in [6.45, 7) is 1.90. The van der Waals surface area contributed by atoms with E-state index in [4.69, 9.17) is 0 Å². The van der Waals surface area contributed by atoms with Crippen molar-refractivity contribution in [3.05, 3.63) is 33.4 Å². The Morgan fingerprint density at radius 1 is 1.50 bits per heavy atom. The van der Waals surface area contributed by atoms with Gasteiger partial charge in [-0.3, -0.25) is 4.79 Å². The number of hydrogen-bond acceptors (Lipinski definition) is 1. The van der Waals surface area contributed by atoms with Gasteiger partial charge >= 0.3 is 0 Å². The van der Waals surface area contributed by atoms with Crippen LogP contribution in [0.1, 0.15) is 18.9 Å². The third-order valence-corrected chi connectivity index (χ3v) is 2.36. The van der Waals surface area contributed by atoms with Gasteiger partial charge in [0.15, 0.2) is 0 Å². The molecule has 0 aliphatic heterocycles. The number of ketones is 1. The van der Waals surface area contributed by atoms with Gasteiger partial charge < -0.3 is 0 Å². The second-order valence-electron chi connectivity index (χ2n) is 2.70. The average Bonchev–Trinajstić information content (AvgIpc) is 2.04. The highest BCUT2D eigenvalue weighted by Crippen LogP contribution is 2.08. The molecule has 1 nitrogen and oxygen atoms in total. The summed E-state index contributed by atoms with van der Waals surface area (Å²) in [5.41, 5.74) is 1.12. The molecule has 2 heteroatoms. The van der Waals surface area contributed by atoms with Crippen molar-refractivity contribution in [3.63, 3.8) is 0 Å². The Hall–Kier alpha value is -0.380. The molecule has 64 valence electrons. The van der Waals surface area contributed by atoms with Crippen molar-refractivity contribution in [1.82, 2.24) is 0 Å². The maximum Gasteiger partial charge on any atom is 0.136 e. The zero-order chi connectivity index (χ0) is 8.97. The van der Waals surface area contributed by atoms with Gasteiger partial charge in [0.05, 0.1) is 0 Å². The molecule has 0 radical (unpaired) electrons. The van der Waals surface area contributed by atoms with E-state index in [0.29, 0.717) is 18.6 Å². The van der Waals surface area contributed by atoms with E-state index in [9.17, 15) is 4.79 Å². The van der Waals surface area contributed by atoms with E-state index in [0.717, 1.165) is 5.56 Å². The van der Waals surface area contributed by atoms with E-state index in [1.54, 1.807) is 0 Å². The molecular formula is C10H11IO. The molecule has 0 spiro atoms. The molecule has 0 saturated heterocycles. The number of halogens is 1. The first-order chi connectivity index (χ1) is 5.72. The highest BCUT2D eigenvalue weighted by atomic mass is 127. The quantitative estimate of drug-likeness (QED) is 0.774. The minimum absolute atomic E-state index is 0.303. The van der Waals surface area contributed by atoms with E-state index in [1.165, 1.54) is 3.57 Å². The van der Waals surface area contributed by atoms with Gasteiger partial charge in [-0.05, 0) is 40.3 Å². The van der Waals surface area contributed by atoms with Gasteiger partial charge in [-0.15, -0.1) is 0 Å². The van der Waals surface area contributed by atoms with Crippen molar-refractivity contribution >= 4 is 28.4 Å². The summed E-state index contributed by atoms with van der Waals surface area (Å²) in [6.07, 6.45) is 1.21. The summed E-state index contributed by atoms with van der Waals surface area (Å²) in [5.74, 6) is 0.303. The first kappa shape index (κ1) is 9.71. The van der Waals surface area contributed by atoms with Crippen LogP contribution < -0.4 is 0 Å². The van der Waals surface area contributed by atoms with Crippen LogP contribution in [0.5, 0.6) is 0 Å². The highest BCUT2D eigenvalue weighted by molar-refractivity contribution is 14.1. The largest absolute Gasteiger partial charge is 0.299 e. The topological polar surface area (TPSA) is 17.1 Å². The number of hydrogen-bond donors (Lipinski definition) is 0. The van der Waals surface area contributed by atoms with Gasteiger partial charge in [0.1, 0.15) is 5.78 Å². The lowest BCUT2D eigenvalue weighted by atomic mass is 10.1. The molecule has 1 aromatic carbocycles. The molecule has 0 N–H and O–H groups in total. The molecule has 1 aromatic rings. The molecule has 0 aromatic heterocycles. The minimum Gasteiger partial charge on any atom is -0.299 e. The Morgan fingerprint density at radius 3 is 2.83 bits per heavy atom. The third kappa shape index (κ3) is 2.93. The molecule has 0 heterocycles. The van der Waals surface area contributed by atoms with Gasteiger partial charge in [-0.1, -0.05) is 19.1 Å². The Labute approximate surface area is 86.3 Å². The molecule has 0 saturated carbocycles. The molecule has 0 aliphatic rings. The van der Waals surface area contributed by atoms with Crippen LogP contribution in [0.15, 0.2) is 24.3 Å². The lowest BCUT2D eigenvalue weighted by molar-refractivity contribution is -0.118. The van der Waals surface area contributed by atoms with Crippen LogP contribution in [0.2, 0.25) is 0 Å². The van der Waals surface area contributed by atoms with Crippen LogP contribution in [0, 0.1) is 3.57 Å². The fourth-order valence-corrected chi connectivity index (χ4v) is 1.61. The van der Waals surface area contributed by atoms with Gasteiger partial charge in [0.25, 0.3) is 0 Å². The Balaban J connectivity index is 2.69. The molecule has 0 amide bonds. The standard InChI is InChI=1S/C10H11IO/c1-2-10(12)7-8-4-3-5-9(11)6-8/h3-6H,2,7H2,1H3. The van der Waals surface area contributed by atoms with Crippen LogP contribution in [0.25, 0.3) is 0 Å². The van der Waals surface area contributed by atoms with Gasteiger partial charge in [0, 0.05) is 16.4 Å². The van der Waals surface area contributed by atoms with Crippen LogP contribution >= 0.6 is 22.6 Å². The van der Waals surface area contributed by atoms with Crippen molar-refractivity contribution in [2.24, 2.45) is 0 Å². The third-order valence-electron chi connectivity index (χ3n) is 1.68. The second-order valence-corrected chi connectivity index (χ2v) is 3.94. The second kappa shape index (κ2) is 4.60. The summed E-state index contributed by atoms with van der Waals surface area (Å²) in [7, 11) is 0. The Kier molecular flexibility index (Phi) is 3.72. The maximum absolute atomic E-state index is 11.1. The fourth-order valence-electron chi connectivity index (χ4n) is 1.000. The number of benzene rings is 1. The number of carbonyl (C=O) groups excluding carboxylic acids is 1.